The van der Waals surface area contributed by atoms with Gasteiger partial charge in [0, 0.05) is 0 Å². The lowest BCUT2D eigenvalue weighted by Gasteiger charge is -2.22. The fourth-order valence-electron chi connectivity index (χ4n) is 1.83. The Morgan fingerprint density at radius 2 is 1.81 bits per heavy atom. The summed E-state index contributed by atoms with van der Waals surface area (Å²) in [7, 11) is 0. The fraction of sp³-hybridized carbons (Fsp3) is 0.500. The number of aliphatic hydroxyl groups is 1. The maximum atomic E-state index is 11.9. The monoisotopic (exact) mass is 292 g/mol. The van der Waals surface area contributed by atoms with Crippen molar-refractivity contribution in [1.82, 2.24) is 5.43 Å². The number of nitrogens with one attached hydrogen (secondary N) is 1. The first kappa shape index (κ1) is 17.2. The molecular weight excluding hydrogens is 268 g/mol. The average Bonchev–Trinajstić information content (AvgIpc) is 2.52. The highest BCUT2D eigenvalue weighted by Gasteiger charge is 2.31. The Balaban J connectivity index is 2.74. The Morgan fingerprint density at radius 3 is 2.29 bits per heavy atom. The second-order valence-corrected chi connectivity index (χ2v) is 4.83. The lowest BCUT2D eigenvalue weighted by molar-refractivity contribution is -0.140. The zero-order chi connectivity index (χ0) is 15.9. The van der Waals surface area contributed by atoms with Crippen LogP contribution in [0, 0.1) is 0 Å². The van der Waals surface area contributed by atoms with Crippen LogP contribution < -0.4 is 10.2 Å². The molecule has 0 aliphatic heterocycles. The number of hydrazone groups is 1. The van der Waals surface area contributed by atoms with Crippen molar-refractivity contribution in [3.8, 4) is 5.75 Å². The van der Waals surface area contributed by atoms with Crippen LogP contribution in [0.3, 0.4) is 0 Å². The summed E-state index contributed by atoms with van der Waals surface area (Å²) in [5.74, 6) is 0.321. The second-order valence-electron chi connectivity index (χ2n) is 4.83. The van der Waals surface area contributed by atoms with Gasteiger partial charge < -0.3 is 9.84 Å². The number of benzene rings is 1. The highest BCUT2D eigenvalue weighted by Crippen LogP contribution is 2.15. The molecule has 0 bridgehead atoms. The molecule has 2 N–H and O–H groups in total. The molecule has 0 fully saturated rings. The van der Waals surface area contributed by atoms with Gasteiger partial charge in [0.05, 0.1) is 12.3 Å². The van der Waals surface area contributed by atoms with Crippen molar-refractivity contribution < 1.29 is 14.6 Å². The molecule has 0 saturated carbocycles. The number of amides is 1. The summed E-state index contributed by atoms with van der Waals surface area (Å²) in [5.41, 5.74) is 2.62. The average molecular weight is 292 g/mol. The molecule has 5 nitrogen and oxygen atoms in total. The van der Waals surface area contributed by atoms with Crippen LogP contribution in [-0.4, -0.2) is 28.9 Å². The van der Waals surface area contributed by atoms with Crippen LogP contribution in [0.4, 0.5) is 0 Å². The Hall–Kier alpha value is -1.88. The minimum absolute atomic E-state index is 0.354. The molecule has 0 saturated heterocycles. The number of carbonyl (C=O) groups excluding carboxylic acids is 1. The minimum Gasteiger partial charge on any atom is -0.494 e. The van der Waals surface area contributed by atoms with E-state index < -0.39 is 11.5 Å². The third kappa shape index (κ3) is 4.56. The van der Waals surface area contributed by atoms with Crippen LogP contribution in [0.15, 0.2) is 29.4 Å². The molecule has 1 aromatic carbocycles. The van der Waals surface area contributed by atoms with Gasteiger partial charge in [-0.1, -0.05) is 13.8 Å². The predicted molar refractivity (Wildman–Crippen MR) is 83.5 cm³/mol. The first-order valence-electron chi connectivity index (χ1n) is 7.27. The maximum Gasteiger partial charge on any atom is 0.271 e. The van der Waals surface area contributed by atoms with Crippen LogP contribution in [0.1, 0.15) is 46.1 Å². The van der Waals surface area contributed by atoms with E-state index in [9.17, 15) is 9.90 Å². The lowest BCUT2D eigenvalue weighted by atomic mass is 9.97. The first-order valence-corrected chi connectivity index (χ1v) is 7.27. The zero-order valence-corrected chi connectivity index (χ0v) is 13.1. The van der Waals surface area contributed by atoms with Gasteiger partial charge in [-0.3, -0.25) is 4.79 Å². The van der Waals surface area contributed by atoms with Crippen molar-refractivity contribution >= 4 is 11.6 Å². The molecule has 1 aromatic rings. The van der Waals surface area contributed by atoms with Crippen LogP contribution in [-0.2, 0) is 4.79 Å². The van der Waals surface area contributed by atoms with Gasteiger partial charge in [-0.25, -0.2) is 5.43 Å². The molecule has 1 amide bonds. The van der Waals surface area contributed by atoms with Crippen molar-refractivity contribution in [3.05, 3.63) is 29.8 Å². The number of rotatable bonds is 7. The Morgan fingerprint density at radius 1 is 1.24 bits per heavy atom. The topological polar surface area (TPSA) is 70.9 Å². The maximum absolute atomic E-state index is 11.9. The number of ether oxygens (including phenoxy) is 1. The van der Waals surface area contributed by atoms with Gasteiger partial charge in [-0.15, -0.1) is 0 Å². The van der Waals surface area contributed by atoms with Crippen molar-refractivity contribution in [2.75, 3.05) is 6.61 Å². The number of carbonyl (C=O) groups is 1. The number of nitrogens with zero attached hydrogens (tertiary/aromatic N) is 1. The largest absolute Gasteiger partial charge is 0.494 e. The van der Waals surface area contributed by atoms with Crippen molar-refractivity contribution in [2.24, 2.45) is 5.10 Å². The van der Waals surface area contributed by atoms with Gasteiger partial charge in [0.1, 0.15) is 11.4 Å². The number of hydrogen-bond acceptors (Lipinski definition) is 4. The van der Waals surface area contributed by atoms with E-state index in [2.05, 4.69) is 10.5 Å². The molecule has 1 rings (SSSR count). The van der Waals surface area contributed by atoms with E-state index in [1.54, 1.807) is 20.8 Å². The van der Waals surface area contributed by atoms with E-state index in [0.717, 1.165) is 11.3 Å². The standard InChI is InChI=1S/C16H24N2O3/c1-5-16(20,6-2)15(19)18-17-12(4)13-8-10-14(11-9-13)21-7-3/h8-11,20H,5-7H2,1-4H3,(H,18,19)/b17-12-. The van der Waals surface area contributed by atoms with Gasteiger partial charge in [0.15, 0.2) is 0 Å². The summed E-state index contributed by atoms with van der Waals surface area (Å²) >= 11 is 0. The Kier molecular flexibility index (Phi) is 6.37. The van der Waals surface area contributed by atoms with Gasteiger partial charge >= 0.3 is 0 Å². The molecule has 0 aliphatic rings. The summed E-state index contributed by atoms with van der Waals surface area (Å²) < 4.78 is 5.37. The van der Waals surface area contributed by atoms with E-state index in [4.69, 9.17) is 4.74 Å². The summed E-state index contributed by atoms with van der Waals surface area (Å²) in [6.45, 7) is 7.89. The Labute approximate surface area is 126 Å². The molecule has 0 heterocycles. The van der Waals surface area contributed by atoms with Crippen molar-refractivity contribution in [1.29, 1.82) is 0 Å². The summed E-state index contributed by atoms with van der Waals surface area (Å²) in [6, 6.07) is 7.46. The van der Waals surface area contributed by atoms with E-state index in [1.165, 1.54) is 0 Å². The summed E-state index contributed by atoms with van der Waals surface area (Å²) in [4.78, 5) is 11.9. The van der Waals surface area contributed by atoms with Crippen LogP contribution >= 0.6 is 0 Å². The van der Waals surface area contributed by atoms with E-state index >= 15 is 0 Å². The third-order valence-corrected chi connectivity index (χ3v) is 3.50. The predicted octanol–water partition coefficient (Wildman–Crippen LogP) is 2.48. The van der Waals surface area contributed by atoms with Crippen LogP contribution in [0.5, 0.6) is 5.75 Å². The van der Waals surface area contributed by atoms with Gasteiger partial charge in [0.25, 0.3) is 5.91 Å². The van der Waals surface area contributed by atoms with E-state index in [0.29, 0.717) is 25.2 Å². The lowest BCUT2D eigenvalue weighted by Crippen LogP contribution is -2.44. The Bertz CT molecular complexity index is 491. The van der Waals surface area contributed by atoms with E-state index in [-0.39, 0.29) is 0 Å². The highest BCUT2D eigenvalue weighted by molar-refractivity contribution is 5.99. The van der Waals surface area contributed by atoms with Crippen LogP contribution in [0.25, 0.3) is 0 Å². The van der Waals surface area contributed by atoms with Gasteiger partial charge in [-0.2, -0.15) is 5.10 Å². The zero-order valence-electron chi connectivity index (χ0n) is 13.1. The molecule has 116 valence electrons. The smallest absolute Gasteiger partial charge is 0.271 e. The molecule has 5 heteroatoms. The van der Waals surface area contributed by atoms with Gasteiger partial charge in [-0.05, 0) is 56.5 Å². The quantitative estimate of drug-likeness (QED) is 0.599. The second kappa shape index (κ2) is 7.78. The van der Waals surface area contributed by atoms with Crippen molar-refractivity contribution in [2.45, 2.75) is 46.1 Å². The molecule has 0 atom stereocenters. The third-order valence-electron chi connectivity index (χ3n) is 3.50. The minimum atomic E-state index is -1.36. The summed E-state index contributed by atoms with van der Waals surface area (Å²) in [6.07, 6.45) is 0.708. The number of hydrogen-bond donors (Lipinski definition) is 2. The fourth-order valence-corrected chi connectivity index (χ4v) is 1.83. The molecular formula is C16H24N2O3. The molecule has 0 unspecified atom stereocenters. The molecule has 0 spiro atoms. The van der Waals surface area contributed by atoms with E-state index in [1.807, 2.05) is 31.2 Å². The molecule has 0 aliphatic carbocycles. The first-order chi connectivity index (χ1) is 9.96. The van der Waals surface area contributed by atoms with Crippen LogP contribution in [0.2, 0.25) is 0 Å². The SMILES string of the molecule is CCOc1ccc(/C(C)=N\NC(=O)C(O)(CC)CC)cc1. The van der Waals surface area contributed by atoms with Crippen molar-refractivity contribution in [3.63, 3.8) is 0 Å². The molecule has 0 aromatic heterocycles. The molecule has 21 heavy (non-hydrogen) atoms. The van der Waals surface area contributed by atoms with Gasteiger partial charge in [0.2, 0.25) is 0 Å². The molecule has 0 radical (unpaired) electrons. The summed E-state index contributed by atoms with van der Waals surface area (Å²) in [5, 5.41) is 14.1. The highest BCUT2D eigenvalue weighted by atomic mass is 16.5. The normalized spacial score (nSPS) is 12.1.